The van der Waals surface area contributed by atoms with Crippen LogP contribution < -0.4 is 15.0 Å². The summed E-state index contributed by atoms with van der Waals surface area (Å²) in [7, 11) is 1.70. The predicted molar refractivity (Wildman–Crippen MR) is 81.7 cm³/mol. The molecule has 0 radical (unpaired) electrons. The molecule has 2 rings (SSSR count). The van der Waals surface area contributed by atoms with Gasteiger partial charge in [0.05, 0.1) is 12.8 Å². The van der Waals surface area contributed by atoms with Crippen molar-refractivity contribution in [2.45, 2.75) is 32.7 Å². The minimum Gasteiger partial charge on any atom is -0.495 e. The average molecular weight is 283 g/mol. The van der Waals surface area contributed by atoms with E-state index in [0.29, 0.717) is 0 Å². The van der Waals surface area contributed by atoms with E-state index in [9.17, 15) is 0 Å². The van der Waals surface area contributed by atoms with Crippen molar-refractivity contribution in [3.8, 4) is 5.75 Å². The standard InChI is InChI=1S/C15H23ClN2O/c1-5-15(3)10-18(7-6-17-15)13-8-11(2)12(16)9-14(13)19-4/h8-9,17H,5-7,10H2,1-4H3. The molecule has 1 atom stereocenters. The van der Waals surface area contributed by atoms with Crippen molar-refractivity contribution in [1.29, 1.82) is 0 Å². The highest BCUT2D eigenvalue weighted by molar-refractivity contribution is 6.31. The Morgan fingerprint density at radius 1 is 1.47 bits per heavy atom. The summed E-state index contributed by atoms with van der Waals surface area (Å²) in [5.74, 6) is 0.857. The number of benzene rings is 1. The lowest BCUT2D eigenvalue weighted by atomic mass is 9.95. The largest absolute Gasteiger partial charge is 0.495 e. The van der Waals surface area contributed by atoms with Gasteiger partial charge in [0.2, 0.25) is 0 Å². The molecule has 1 aliphatic heterocycles. The Bertz CT molecular complexity index is 464. The fourth-order valence-electron chi connectivity index (χ4n) is 2.55. The van der Waals surface area contributed by atoms with E-state index < -0.39 is 0 Å². The topological polar surface area (TPSA) is 24.5 Å². The van der Waals surface area contributed by atoms with Gasteiger partial charge in [0.15, 0.2) is 0 Å². The second kappa shape index (κ2) is 5.59. The van der Waals surface area contributed by atoms with Gasteiger partial charge in [-0.2, -0.15) is 0 Å². The molecular weight excluding hydrogens is 260 g/mol. The Morgan fingerprint density at radius 3 is 2.84 bits per heavy atom. The summed E-state index contributed by atoms with van der Waals surface area (Å²) < 4.78 is 5.49. The van der Waals surface area contributed by atoms with Crippen molar-refractivity contribution in [2.75, 3.05) is 31.6 Å². The van der Waals surface area contributed by atoms with Gasteiger partial charge in [-0.3, -0.25) is 0 Å². The SMILES string of the molecule is CCC1(C)CN(c2cc(C)c(Cl)cc2OC)CCN1. The maximum Gasteiger partial charge on any atom is 0.143 e. The highest BCUT2D eigenvalue weighted by Crippen LogP contribution is 2.35. The van der Waals surface area contributed by atoms with Gasteiger partial charge in [0.25, 0.3) is 0 Å². The Balaban J connectivity index is 2.33. The first kappa shape index (κ1) is 14.5. The van der Waals surface area contributed by atoms with Gasteiger partial charge >= 0.3 is 0 Å². The van der Waals surface area contributed by atoms with Crippen LogP contribution in [-0.2, 0) is 0 Å². The molecule has 0 saturated carbocycles. The van der Waals surface area contributed by atoms with Crippen molar-refractivity contribution in [3.05, 3.63) is 22.7 Å². The van der Waals surface area contributed by atoms with E-state index in [2.05, 4.69) is 30.1 Å². The molecule has 1 aromatic carbocycles. The van der Waals surface area contributed by atoms with Crippen LogP contribution in [0.4, 0.5) is 5.69 Å². The van der Waals surface area contributed by atoms with Crippen molar-refractivity contribution in [3.63, 3.8) is 0 Å². The van der Waals surface area contributed by atoms with Crippen LogP contribution in [0.1, 0.15) is 25.8 Å². The number of ether oxygens (including phenoxy) is 1. The molecule has 1 unspecified atom stereocenters. The first-order chi connectivity index (χ1) is 8.99. The van der Waals surface area contributed by atoms with E-state index in [1.54, 1.807) is 7.11 Å². The molecule has 4 heteroatoms. The number of anilines is 1. The molecule has 19 heavy (non-hydrogen) atoms. The van der Waals surface area contributed by atoms with E-state index in [1.807, 2.05) is 13.0 Å². The number of aryl methyl sites for hydroxylation is 1. The van der Waals surface area contributed by atoms with Gasteiger partial charge in [-0.15, -0.1) is 0 Å². The van der Waals surface area contributed by atoms with E-state index in [-0.39, 0.29) is 5.54 Å². The van der Waals surface area contributed by atoms with Crippen LogP contribution in [0, 0.1) is 6.92 Å². The molecule has 0 aromatic heterocycles. The third-order valence-corrected chi connectivity index (χ3v) is 4.46. The van der Waals surface area contributed by atoms with Crippen LogP contribution in [0.15, 0.2) is 12.1 Å². The number of halogens is 1. The van der Waals surface area contributed by atoms with E-state index in [4.69, 9.17) is 16.3 Å². The molecule has 0 bridgehead atoms. The van der Waals surface area contributed by atoms with Gasteiger partial charge in [-0.25, -0.2) is 0 Å². The lowest BCUT2D eigenvalue weighted by molar-refractivity contribution is 0.312. The number of nitrogens with one attached hydrogen (secondary N) is 1. The first-order valence-electron chi connectivity index (χ1n) is 6.83. The van der Waals surface area contributed by atoms with Gasteiger partial charge in [0.1, 0.15) is 5.75 Å². The zero-order valence-corrected chi connectivity index (χ0v) is 13.0. The van der Waals surface area contributed by atoms with E-state index in [0.717, 1.165) is 48.1 Å². The molecule has 1 heterocycles. The smallest absolute Gasteiger partial charge is 0.143 e. The zero-order valence-electron chi connectivity index (χ0n) is 12.2. The molecule has 1 aromatic rings. The van der Waals surface area contributed by atoms with E-state index in [1.165, 1.54) is 0 Å². The van der Waals surface area contributed by atoms with Crippen LogP contribution in [0.2, 0.25) is 5.02 Å². The van der Waals surface area contributed by atoms with Crippen LogP contribution in [0.5, 0.6) is 5.75 Å². The quantitative estimate of drug-likeness (QED) is 0.921. The van der Waals surface area contributed by atoms with Crippen LogP contribution >= 0.6 is 11.6 Å². The zero-order chi connectivity index (χ0) is 14.0. The predicted octanol–water partition coefficient (Wildman–Crippen LogP) is 3.24. The molecule has 1 N–H and O–H groups in total. The molecule has 1 saturated heterocycles. The first-order valence-corrected chi connectivity index (χ1v) is 7.21. The van der Waals surface area contributed by atoms with Crippen molar-refractivity contribution in [2.24, 2.45) is 0 Å². The minimum absolute atomic E-state index is 0.163. The fourth-order valence-corrected chi connectivity index (χ4v) is 2.70. The van der Waals surface area contributed by atoms with Gasteiger partial charge in [-0.1, -0.05) is 18.5 Å². The Labute approximate surface area is 120 Å². The lowest BCUT2D eigenvalue weighted by Gasteiger charge is -2.42. The third kappa shape index (κ3) is 2.98. The Hall–Kier alpha value is -0.930. The monoisotopic (exact) mass is 282 g/mol. The summed E-state index contributed by atoms with van der Waals surface area (Å²) in [5.41, 5.74) is 2.40. The summed E-state index contributed by atoms with van der Waals surface area (Å²) in [4.78, 5) is 2.39. The van der Waals surface area contributed by atoms with Crippen molar-refractivity contribution >= 4 is 17.3 Å². The Morgan fingerprint density at radius 2 is 2.21 bits per heavy atom. The summed E-state index contributed by atoms with van der Waals surface area (Å²) in [6, 6.07) is 4.04. The highest BCUT2D eigenvalue weighted by Gasteiger charge is 2.30. The number of hydrogen-bond donors (Lipinski definition) is 1. The number of rotatable bonds is 3. The normalized spacial score (nSPS) is 23.5. The third-order valence-electron chi connectivity index (χ3n) is 4.05. The van der Waals surface area contributed by atoms with Crippen LogP contribution in [-0.4, -0.2) is 32.3 Å². The van der Waals surface area contributed by atoms with Crippen LogP contribution in [0.3, 0.4) is 0 Å². The number of hydrogen-bond acceptors (Lipinski definition) is 3. The maximum absolute atomic E-state index is 6.18. The molecule has 1 fully saturated rings. The molecule has 0 amide bonds. The van der Waals surface area contributed by atoms with Gasteiger partial charge in [-0.05, 0) is 31.9 Å². The Kier molecular flexibility index (Phi) is 4.26. The number of nitrogens with zero attached hydrogens (tertiary/aromatic N) is 1. The number of methoxy groups -OCH3 is 1. The summed E-state index contributed by atoms with van der Waals surface area (Å²) in [6.07, 6.45) is 1.11. The van der Waals surface area contributed by atoms with E-state index >= 15 is 0 Å². The van der Waals surface area contributed by atoms with Crippen LogP contribution in [0.25, 0.3) is 0 Å². The molecule has 0 aliphatic carbocycles. The summed E-state index contributed by atoms with van der Waals surface area (Å²) in [6.45, 7) is 9.50. The molecule has 0 spiro atoms. The average Bonchev–Trinajstić information content (AvgIpc) is 2.41. The lowest BCUT2D eigenvalue weighted by Crippen LogP contribution is -2.58. The molecule has 106 valence electrons. The summed E-state index contributed by atoms with van der Waals surface area (Å²) >= 11 is 6.18. The van der Waals surface area contributed by atoms with Crippen molar-refractivity contribution < 1.29 is 4.74 Å². The molecule has 3 nitrogen and oxygen atoms in total. The summed E-state index contributed by atoms with van der Waals surface area (Å²) in [5, 5.41) is 4.36. The fraction of sp³-hybridized carbons (Fsp3) is 0.600. The molecule has 1 aliphatic rings. The second-order valence-electron chi connectivity index (χ2n) is 5.54. The second-order valence-corrected chi connectivity index (χ2v) is 5.94. The maximum atomic E-state index is 6.18. The highest BCUT2D eigenvalue weighted by atomic mass is 35.5. The van der Waals surface area contributed by atoms with Crippen molar-refractivity contribution in [1.82, 2.24) is 5.32 Å². The number of piperazine rings is 1. The minimum atomic E-state index is 0.163. The van der Waals surface area contributed by atoms with Gasteiger partial charge < -0.3 is 15.0 Å². The van der Waals surface area contributed by atoms with Gasteiger partial charge in [0, 0.05) is 36.3 Å². The molecular formula is C15H23ClN2O.